The van der Waals surface area contributed by atoms with E-state index in [2.05, 4.69) is 9.80 Å². The molecule has 3 heterocycles. The summed E-state index contributed by atoms with van der Waals surface area (Å²) in [6.45, 7) is 4.16. The monoisotopic (exact) mass is 461 g/mol. The van der Waals surface area contributed by atoms with Crippen LogP contribution < -0.4 is 14.4 Å². The normalized spacial score (nSPS) is 21.9. The van der Waals surface area contributed by atoms with Crippen LogP contribution in [0.3, 0.4) is 0 Å². The molecule has 2 fully saturated rings. The summed E-state index contributed by atoms with van der Waals surface area (Å²) in [6, 6.07) is 10.4. The molecular formula is C22H21Cl2N3O4. The summed E-state index contributed by atoms with van der Waals surface area (Å²) < 4.78 is 10.8. The molecule has 1 atom stereocenters. The summed E-state index contributed by atoms with van der Waals surface area (Å²) in [5.74, 6) is 1.15. The van der Waals surface area contributed by atoms with Crippen molar-refractivity contribution in [3.63, 3.8) is 0 Å². The average Bonchev–Trinajstić information content (AvgIpc) is 3.34. The number of carbonyl (C=O) groups is 2. The van der Waals surface area contributed by atoms with Gasteiger partial charge in [0.15, 0.2) is 11.5 Å². The smallest absolute Gasteiger partial charge is 0.251 e. The molecule has 0 spiro atoms. The van der Waals surface area contributed by atoms with Gasteiger partial charge in [0.05, 0.1) is 28.2 Å². The van der Waals surface area contributed by atoms with Crippen molar-refractivity contribution in [1.82, 2.24) is 9.80 Å². The zero-order valence-electron chi connectivity index (χ0n) is 16.7. The lowest BCUT2D eigenvalue weighted by Crippen LogP contribution is -2.52. The quantitative estimate of drug-likeness (QED) is 0.651. The Bertz CT molecular complexity index is 1040. The lowest BCUT2D eigenvalue weighted by atomic mass is 10.1. The van der Waals surface area contributed by atoms with Crippen LogP contribution in [0.4, 0.5) is 5.69 Å². The van der Waals surface area contributed by atoms with Gasteiger partial charge in [0.1, 0.15) is 0 Å². The van der Waals surface area contributed by atoms with Gasteiger partial charge in [0.25, 0.3) is 5.91 Å². The number of fused-ring (bicyclic) bond motifs is 1. The van der Waals surface area contributed by atoms with Crippen molar-refractivity contribution in [3.8, 4) is 11.5 Å². The number of amides is 2. The van der Waals surface area contributed by atoms with E-state index in [-0.39, 0.29) is 25.0 Å². The average molecular weight is 462 g/mol. The Labute approximate surface area is 190 Å². The van der Waals surface area contributed by atoms with Gasteiger partial charge in [-0.2, -0.15) is 0 Å². The standard InChI is InChI=1S/C22H21Cl2N3O4/c23-16-3-2-15(10-17(16)24)27-21(28)11-18(22(27)29)26-7-5-25(6-8-26)12-14-1-4-19-20(9-14)31-13-30-19/h1-4,9-10,18H,5-8,11-13H2/t18-/m1/s1. The van der Waals surface area contributed by atoms with Gasteiger partial charge in [-0.3, -0.25) is 19.4 Å². The lowest BCUT2D eigenvalue weighted by Gasteiger charge is -2.37. The van der Waals surface area contributed by atoms with Gasteiger partial charge in [0, 0.05) is 32.7 Å². The van der Waals surface area contributed by atoms with Crippen LogP contribution in [0.1, 0.15) is 12.0 Å². The zero-order valence-corrected chi connectivity index (χ0v) is 18.2. The predicted molar refractivity (Wildman–Crippen MR) is 117 cm³/mol. The minimum Gasteiger partial charge on any atom is -0.454 e. The maximum atomic E-state index is 13.0. The molecule has 31 heavy (non-hydrogen) atoms. The summed E-state index contributed by atoms with van der Waals surface area (Å²) in [4.78, 5) is 31.3. The topological polar surface area (TPSA) is 62.3 Å². The molecule has 2 saturated heterocycles. The largest absolute Gasteiger partial charge is 0.454 e. The highest BCUT2D eigenvalue weighted by Crippen LogP contribution is 2.34. The van der Waals surface area contributed by atoms with Crippen molar-refractivity contribution in [2.24, 2.45) is 0 Å². The Kier molecular flexibility index (Phi) is 5.52. The lowest BCUT2D eigenvalue weighted by molar-refractivity contribution is -0.123. The zero-order chi connectivity index (χ0) is 21.5. The van der Waals surface area contributed by atoms with E-state index in [1.54, 1.807) is 18.2 Å². The molecule has 0 aromatic heterocycles. The molecule has 2 amide bonds. The van der Waals surface area contributed by atoms with Gasteiger partial charge < -0.3 is 9.47 Å². The molecule has 9 heteroatoms. The molecule has 0 unspecified atom stereocenters. The SMILES string of the molecule is O=C1C[C@@H](N2CCN(Cc3ccc4c(c3)OCO4)CC2)C(=O)N1c1ccc(Cl)c(Cl)c1. The molecule has 5 rings (SSSR count). The number of rotatable bonds is 4. The van der Waals surface area contributed by atoms with E-state index < -0.39 is 6.04 Å². The van der Waals surface area contributed by atoms with Gasteiger partial charge >= 0.3 is 0 Å². The van der Waals surface area contributed by atoms with Crippen molar-refractivity contribution in [3.05, 3.63) is 52.0 Å². The van der Waals surface area contributed by atoms with E-state index in [1.807, 2.05) is 18.2 Å². The van der Waals surface area contributed by atoms with Crippen molar-refractivity contribution in [1.29, 1.82) is 0 Å². The van der Waals surface area contributed by atoms with E-state index >= 15 is 0 Å². The number of piperazine rings is 1. The highest BCUT2D eigenvalue weighted by atomic mass is 35.5. The second-order valence-corrected chi connectivity index (χ2v) is 8.70. The first-order valence-electron chi connectivity index (χ1n) is 10.2. The summed E-state index contributed by atoms with van der Waals surface area (Å²) in [7, 11) is 0. The summed E-state index contributed by atoms with van der Waals surface area (Å²) >= 11 is 12.0. The summed E-state index contributed by atoms with van der Waals surface area (Å²) in [5, 5.41) is 0.708. The van der Waals surface area contributed by atoms with E-state index in [9.17, 15) is 9.59 Å². The number of benzene rings is 2. The molecular weight excluding hydrogens is 441 g/mol. The van der Waals surface area contributed by atoms with E-state index in [4.69, 9.17) is 32.7 Å². The Morgan fingerprint density at radius 2 is 1.68 bits per heavy atom. The first-order chi connectivity index (χ1) is 15.0. The summed E-state index contributed by atoms with van der Waals surface area (Å²) in [5.41, 5.74) is 1.63. The van der Waals surface area contributed by atoms with Gasteiger partial charge in [-0.05, 0) is 35.9 Å². The van der Waals surface area contributed by atoms with Crippen LogP contribution >= 0.6 is 23.2 Å². The molecule has 0 saturated carbocycles. The van der Waals surface area contributed by atoms with Gasteiger partial charge in [-0.25, -0.2) is 4.90 Å². The predicted octanol–water partition coefficient (Wildman–Crippen LogP) is 3.17. The van der Waals surface area contributed by atoms with Crippen LogP contribution in [0.5, 0.6) is 11.5 Å². The summed E-state index contributed by atoms with van der Waals surface area (Å²) in [6.07, 6.45) is 0.182. The number of anilines is 1. The van der Waals surface area contributed by atoms with Crippen LogP contribution in [0.15, 0.2) is 36.4 Å². The molecule has 2 aromatic rings. The van der Waals surface area contributed by atoms with Crippen LogP contribution in [-0.2, 0) is 16.1 Å². The number of carbonyl (C=O) groups excluding carboxylic acids is 2. The highest BCUT2D eigenvalue weighted by Gasteiger charge is 2.43. The minimum absolute atomic E-state index is 0.182. The maximum Gasteiger partial charge on any atom is 0.251 e. The van der Waals surface area contributed by atoms with Crippen molar-refractivity contribution < 1.29 is 19.1 Å². The fourth-order valence-electron chi connectivity index (χ4n) is 4.33. The molecule has 3 aliphatic heterocycles. The fraction of sp³-hybridized carbons (Fsp3) is 0.364. The second-order valence-electron chi connectivity index (χ2n) is 7.89. The Balaban J connectivity index is 1.21. The second kappa shape index (κ2) is 8.31. The number of imide groups is 1. The van der Waals surface area contributed by atoms with Crippen LogP contribution in [-0.4, -0.2) is 60.6 Å². The van der Waals surface area contributed by atoms with E-state index in [0.717, 1.165) is 49.8 Å². The molecule has 162 valence electrons. The van der Waals surface area contributed by atoms with E-state index in [0.29, 0.717) is 15.7 Å². The van der Waals surface area contributed by atoms with Gasteiger partial charge in [0.2, 0.25) is 12.7 Å². The number of nitrogens with zero attached hydrogens (tertiary/aromatic N) is 3. The van der Waals surface area contributed by atoms with E-state index in [1.165, 1.54) is 4.90 Å². The maximum absolute atomic E-state index is 13.0. The Hall–Kier alpha value is -2.32. The number of ether oxygens (including phenoxy) is 2. The number of hydrogen-bond donors (Lipinski definition) is 0. The number of halogens is 2. The van der Waals surface area contributed by atoms with Crippen molar-refractivity contribution in [2.75, 3.05) is 37.9 Å². The third kappa shape index (κ3) is 3.99. The fourth-order valence-corrected chi connectivity index (χ4v) is 4.62. The Morgan fingerprint density at radius 3 is 2.45 bits per heavy atom. The van der Waals surface area contributed by atoms with Gasteiger partial charge in [-0.1, -0.05) is 29.3 Å². The highest BCUT2D eigenvalue weighted by molar-refractivity contribution is 6.42. The Morgan fingerprint density at radius 1 is 0.903 bits per heavy atom. The molecule has 7 nitrogen and oxygen atoms in total. The molecule has 0 radical (unpaired) electrons. The third-order valence-corrected chi connectivity index (χ3v) is 6.71. The number of hydrogen-bond acceptors (Lipinski definition) is 6. The van der Waals surface area contributed by atoms with Crippen molar-refractivity contribution in [2.45, 2.75) is 19.0 Å². The first-order valence-corrected chi connectivity index (χ1v) is 10.9. The minimum atomic E-state index is -0.436. The molecule has 3 aliphatic rings. The van der Waals surface area contributed by atoms with Crippen LogP contribution in [0, 0.1) is 0 Å². The third-order valence-electron chi connectivity index (χ3n) is 5.98. The van der Waals surface area contributed by atoms with Gasteiger partial charge in [-0.15, -0.1) is 0 Å². The molecule has 0 N–H and O–H groups in total. The molecule has 0 bridgehead atoms. The first kappa shape index (κ1) is 20.6. The van der Waals surface area contributed by atoms with Crippen LogP contribution in [0.2, 0.25) is 10.0 Å². The molecule has 0 aliphatic carbocycles. The molecule has 2 aromatic carbocycles. The van der Waals surface area contributed by atoms with Crippen molar-refractivity contribution >= 4 is 40.7 Å². The van der Waals surface area contributed by atoms with Crippen LogP contribution in [0.25, 0.3) is 0 Å².